The van der Waals surface area contributed by atoms with Gasteiger partial charge in [-0.1, -0.05) is 26.7 Å². The summed E-state index contributed by atoms with van der Waals surface area (Å²) in [6, 6.07) is 0.433. The highest BCUT2D eigenvalue weighted by molar-refractivity contribution is 5.04. The van der Waals surface area contributed by atoms with Crippen molar-refractivity contribution in [3.05, 3.63) is 18.2 Å². The van der Waals surface area contributed by atoms with Gasteiger partial charge in [-0.25, -0.2) is 4.98 Å². The van der Waals surface area contributed by atoms with Gasteiger partial charge in [0.1, 0.15) is 0 Å². The molecule has 0 aromatic carbocycles. The van der Waals surface area contributed by atoms with Crippen molar-refractivity contribution in [2.75, 3.05) is 7.05 Å². The highest BCUT2D eigenvalue weighted by Gasteiger charge is 2.16. The second kappa shape index (κ2) is 5.91. The Morgan fingerprint density at radius 3 is 2.47 bits per heavy atom. The molecule has 3 nitrogen and oxygen atoms in total. The Morgan fingerprint density at radius 2 is 2.07 bits per heavy atom. The van der Waals surface area contributed by atoms with Crippen molar-refractivity contribution in [3.63, 3.8) is 0 Å². The summed E-state index contributed by atoms with van der Waals surface area (Å²) in [5.41, 5.74) is 1.28. The molecule has 15 heavy (non-hydrogen) atoms. The predicted molar refractivity (Wildman–Crippen MR) is 63.7 cm³/mol. The number of imidazole rings is 1. The van der Waals surface area contributed by atoms with E-state index in [-0.39, 0.29) is 0 Å². The Balaban J connectivity index is 2.68. The van der Waals surface area contributed by atoms with Gasteiger partial charge in [0.15, 0.2) is 0 Å². The van der Waals surface area contributed by atoms with E-state index in [0.29, 0.717) is 6.04 Å². The van der Waals surface area contributed by atoms with E-state index in [2.05, 4.69) is 35.8 Å². The summed E-state index contributed by atoms with van der Waals surface area (Å²) >= 11 is 0. The Morgan fingerprint density at radius 1 is 1.40 bits per heavy atom. The van der Waals surface area contributed by atoms with Gasteiger partial charge < -0.3 is 9.88 Å². The van der Waals surface area contributed by atoms with Crippen molar-refractivity contribution in [1.29, 1.82) is 0 Å². The smallest absolute Gasteiger partial charge is 0.0946 e. The monoisotopic (exact) mass is 209 g/mol. The molecule has 1 N–H and O–H groups in total. The minimum Gasteiger partial charge on any atom is -0.336 e. The molecular weight excluding hydrogens is 186 g/mol. The van der Waals surface area contributed by atoms with Gasteiger partial charge in [-0.05, 0) is 19.4 Å². The largest absolute Gasteiger partial charge is 0.336 e. The van der Waals surface area contributed by atoms with Gasteiger partial charge in [-0.2, -0.15) is 0 Å². The fourth-order valence-electron chi connectivity index (χ4n) is 2.05. The predicted octanol–water partition coefficient (Wildman–Crippen LogP) is 2.51. The molecule has 0 aliphatic carbocycles. The number of aromatic nitrogens is 2. The topological polar surface area (TPSA) is 29.9 Å². The summed E-state index contributed by atoms with van der Waals surface area (Å²) in [5, 5.41) is 3.38. The number of hydrogen-bond acceptors (Lipinski definition) is 2. The van der Waals surface area contributed by atoms with Crippen LogP contribution in [0, 0.1) is 5.92 Å². The molecular formula is C12H23N3. The molecule has 86 valence electrons. The van der Waals surface area contributed by atoms with Crippen LogP contribution in [0.15, 0.2) is 12.5 Å². The number of aryl methyl sites for hydroxylation is 1. The van der Waals surface area contributed by atoms with E-state index in [1.165, 1.54) is 25.0 Å². The van der Waals surface area contributed by atoms with Crippen LogP contribution in [0.25, 0.3) is 0 Å². The molecule has 0 amide bonds. The first-order valence-electron chi connectivity index (χ1n) is 5.86. The average Bonchev–Trinajstić information content (AvgIpc) is 2.67. The van der Waals surface area contributed by atoms with E-state index in [0.717, 1.165) is 5.92 Å². The van der Waals surface area contributed by atoms with Gasteiger partial charge in [-0.15, -0.1) is 0 Å². The van der Waals surface area contributed by atoms with Crippen molar-refractivity contribution in [2.24, 2.45) is 13.0 Å². The van der Waals surface area contributed by atoms with Gasteiger partial charge in [0, 0.05) is 19.3 Å². The Kier molecular flexibility index (Phi) is 4.82. The highest BCUT2D eigenvalue weighted by atomic mass is 15.1. The number of nitrogens with one attached hydrogen (secondary N) is 1. The molecule has 3 heteroatoms. The van der Waals surface area contributed by atoms with Crippen molar-refractivity contribution in [3.8, 4) is 0 Å². The third-order valence-electron chi connectivity index (χ3n) is 3.28. The zero-order valence-electron chi connectivity index (χ0n) is 10.3. The lowest BCUT2D eigenvalue weighted by Gasteiger charge is -2.21. The lowest BCUT2D eigenvalue weighted by atomic mass is 9.93. The maximum Gasteiger partial charge on any atom is 0.0946 e. The summed E-state index contributed by atoms with van der Waals surface area (Å²) in [6.45, 7) is 4.54. The number of rotatable bonds is 6. The van der Waals surface area contributed by atoms with Crippen LogP contribution in [-0.2, 0) is 7.05 Å². The van der Waals surface area contributed by atoms with Gasteiger partial charge in [-0.3, -0.25) is 0 Å². The second-order valence-corrected chi connectivity index (χ2v) is 4.19. The minimum atomic E-state index is 0.433. The van der Waals surface area contributed by atoms with Crippen molar-refractivity contribution in [1.82, 2.24) is 14.9 Å². The van der Waals surface area contributed by atoms with Crippen LogP contribution in [-0.4, -0.2) is 16.6 Å². The summed E-state index contributed by atoms with van der Waals surface area (Å²) in [7, 11) is 4.08. The van der Waals surface area contributed by atoms with E-state index in [9.17, 15) is 0 Å². The molecule has 0 aliphatic heterocycles. The summed E-state index contributed by atoms with van der Waals surface area (Å²) < 4.78 is 2.10. The molecule has 0 aliphatic rings. The first-order valence-corrected chi connectivity index (χ1v) is 5.86. The first kappa shape index (κ1) is 12.2. The van der Waals surface area contributed by atoms with E-state index in [1.54, 1.807) is 0 Å². The Hall–Kier alpha value is -0.830. The van der Waals surface area contributed by atoms with Crippen LogP contribution in [0.2, 0.25) is 0 Å². The van der Waals surface area contributed by atoms with Gasteiger partial charge in [0.2, 0.25) is 0 Å². The molecule has 0 bridgehead atoms. The van der Waals surface area contributed by atoms with Gasteiger partial charge in [0.05, 0.1) is 12.0 Å². The Bertz CT molecular complexity index is 276. The SMILES string of the molecule is CCC(CC)CC(NC)c1cncn1C. The van der Waals surface area contributed by atoms with Crippen LogP contribution in [0.5, 0.6) is 0 Å². The molecule has 1 atom stereocenters. The Labute approximate surface area is 92.9 Å². The van der Waals surface area contributed by atoms with Gasteiger partial charge >= 0.3 is 0 Å². The van der Waals surface area contributed by atoms with E-state index in [4.69, 9.17) is 0 Å². The number of nitrogens with zero attached hydrogens (tertiary/aromatic N) is 2. The minimum absolute atomic E-state index is 0.433. The third kappa shape index (κ3) is 3.06. The number of hydrogen-bond donors (Lipinski definition) is 1. The van der Waals surface area contributed by atoms with Crippen LogP contribution in [0.4, 0.5) is 0 Å². The van der Waals surface area contributed by atoms with Crippen molar-refractivity contribution in [2.45, 2.75) is 39.2 Å². The lowest BCUT2D eigenvalue weighted by Crippen LogP contribution is -2.21. The average molecular weight is 209 g/mol. The lowest BCUT2D eigenvalue weighted by molar-refractivity contribution is 0.376. The summed E-state index contributed by atoms with van der Waals surface area (Å²) in [5.74, 6) is 0.803. The van der Waals surface area contributed by atoms with Crippen molar-refractivity contribution >= 4 is 0 Å². The molecule has 0 spiro atoms. The van der Waals surface area contributed by atoms with Crippen LogP contribution >= 0.6 is 0 Å². The fourth-order valence-corrected chi connectivity index (χ4v) is 2.05. The van der Waals surface area contributed by atoms with Gasteiger partial charge in [0.25, 0.3) is 0 Å². The zero-order chi connectivity index (χ0) is 11.3. The standard InChI is InChI=1S/C12H23N3/c1-5-10(6-2)7-11(13-3)12-8-14-9-15(12)4/h8-11,13H,5-7H2,1-4H3. The summed E-state index contributed by atoms with van der Waals surface area (Å²) in [4.78, 5) is 4.17. The molecule has 0 fully saturated rings. The normalized spacial score (nSPS) is 13.4. The zero-order valence-corrected chi connectivity index (χ0v) is 10.3. The van der Waals surface area contributed by atoms with Crippen LogP contribution < -0.4 is 5.32 Å². The van der Waals surface area contributed by atoms with Crippen molar-refractivity contribution < 1.29 is 0 Å². The maximum atomic E-state index is 4.17. The molecule has 1 unspecified atom stereocenters. The molecule has 1 rings (SSSR count). The van der Waals surface area contributed by atoms with E-state index in [1.807, 2.05) is 19.6 Å². The molecule has 1 aromatic rings. The first-order chi connectivity index (χ1) is 7.22. The van der Waals surface area contributed by atoms with E-state index < -0.39 is 0 Å². The van der Waals surface area contributed by atoms with Crippen LogP contribution in [0.1, 0.15) is 44.8 Å². The molecule has 1 heterocycles. The highest BCUT2D eigenvalue weighted by Crippen LogP contribution is 2.24. The molecule has 1 aromatic heterocycles. The van der Waals surface area contributed by atoms with E-state index >= 15 is 0 Å². The second-order valence-electron chi connectivity index (χ2n) is 4.19. The quantitative estimate of drug-likeness (QED) is 0.780. The third-order valence-corrected chi connectivity index (χ3v) is 3.28. The maximum absolute atomic E-state index is 4.17. The molecule has 0 radical (unpaired) electrons. The summed E-state index contributed by atoms with van der Waals surface area (Å²) in [6.07, 6.45) is 7.54. The molecule has 0 saturated carbocycles. The molecule has 0 saturated heterocycles. The fraction of sp³-hybridized carbons (Fsp3) is 0.750. The van der Waals surface area contributed by atoms with Crippen LogP contribution in [0.3, 0.4) is 0 Å².